The van der Waals surface area contributed by atoms with Gasteiger partial charge in [-0.1, -0.05) is 12.1 Å². The first-order valence-corrected chi connectivity index (χ1v) is 9.76. The van der Waals surface area contributed by atoms with Gasteiger partial charge in [0.15, 0.2) is 11.6 Å². The molecular formula is C23H22N4O2. The molecule has 0 aliphatic carbocycles. The van der Waals surface area contributed by atoms with Crippen molar-refractivity contribution in [2.75, 3.05) is 43.1 Å². The average molecular weight is 386 g/mol. The number of nitrogens with zero attached hydrogens (tertiary/aromatic N) is 4. The summed E-state index contributed by atoms with van der Waals surface area (Å²) >= 11 is 0. The van der Waals surface area contributed by atoms with Gasteiger partial charge < -0.3 is 19.0 Å². The van der Waals surface area contributed by atoms with E-state index in [4.69, 9.17) is 19.1 Å². The molecule has 0 bridgehead atoms. The third-order valence-electron chi connectivity index (χ3n) is 5.34. The monoisotopic (exact) mass is 386 g/mol. The summed E-state index contributed by atoms with van der Waals surface area (Å²) < 4.78 is 10.8. The lowest BCUT2D eigenvalue weighted by Gasteiger charge is -2.37. The van der Waals surface area contributed by atoms with E-state index in [9.17, 15) is 0 Å². The van der Waals surface area contributed by atoms with Gasteiger partial charge >= 0.3 is 0 Å². The van der Waals surface area contributed by atoms with E-state index in [2.05, 4.69) is 28.0 Å². The van der Waals surface area contributed by atoms with Crippen molar-refractivity contribution in [3.05, 3.63) is 66.9 Å². The molecule has 29 heavy (non-hydrogen) atoms. The number of ether oxygens (including phenoxy) is 1. The van der Waals surface area contributed by atoms with Gasteiger partial charge in [-0.25, -0.2) is 9.97 Å². The number of fused-ring (bicyclic) bond motifs is 1. The van der Waals surface area contributed by atoms with Crippen molar-refractivity contribution in [2.24, 2.45) is 0 Å². The number of para-hydroxylation sites is 1. The zero-order valence-electron chi connectivity index (χ0n) is 16.3. The number of furan rings is 1. The highest BCUT2D eigenvalue weighted by Gasteiger charge is 2.22. The van der Waals surface area contributed by atoms with E-state index in [1.807, 2.05) is 42.5 Å². The van der Waals surface area contributed by atoms with Crippen molar-refractivity contribution in [1.29, 1.82) is 0 Å². The van der Waals surface area contributed by atoms with Gasteiger partial charge in [0.05, 0.1) is 18.9 Å². The first-order valence-electron chi connectivity index (χ1n) is 9.76. The van der Waals surface area contributed by atoms with Crippen LogP contribution in [0.4, 0.5) is 11.5 Å². The Bertz CT molecular complexity index is 1100. The molecule has 0 amide bonds. The highest BCUT2D eigenvalue weighted by molar-refractivity contribution is 5.91. The van der Waals surface area contributed by atoms with Gasteiger partial charge in [0.25, 0.3) is 0 Å². The van der Waals surface area contributed by atoms with Crippen molar-refractivity contribution in [2.45, 2.75) is 0 Å². The van der Waals surface area contributed by atoms with Crippen LogP contribution in [-0.2, 0) is 0 Å². The van der Waals surface area contributed by atoms with Gasteiger partial charge in [-0.15, -0.1) is 0 Å². The van der Waals surface area contributed by atoms with E-state index < -0.39 is 0 Å². The summed E-state index contributed by atoms with van der Waals surface area (Å²) in [6.45, 7) is 3.65. The van der Waals surface area contributed by atoms with E-state index in [0.717, 1.165) is 48.6 Å². The van der Waals surface area contributed by atoms with Gasteiger partial charge in [-0.3, -0.25) is 0 Å². The Hall–Kier alpha value is -3.54. The van der Waals surface area contributed by atoms with Crippen LogP contribution in [0, 0.1) is 0 Å². The van der Waals surface area contributed by atoms with Crippen molar-refractivity contribution >= 4 is 22.4 Å². The topological polar surface area (TPSA) is 54.6 Å². The van der Waals surface area contributed by atoms with Crippen molar-refractivity contribution in [3.8, 4) is 17.3 Å². The highest BCUT2D eigenvalue weighted by Crippen LogP contribution is 2.29. The van der Waals surface area contributed by atoms with Gasteiger partial charge in [0.1, 0.15) is 11.6 Å². The fraction of sp³-hybridized carbons (Fsp3) is 0.217. The average Bonchev–Trinajstić information content (AvgIpc) is 3.34. The number of aromatic nitrogens is 2. The van der Waals surface area contributed by atoms with Gasteiger partial charge in [0, 0.05) is 37.3 Å². The second kappa shape index (κ2) is 7.47. The molecule has 1 saturated heterocycles. The summed E-state index contributed by atoms with van der Waals surface area (Å²) in [5, 5.41) is 1.07. The van der Waals surface area contributed by atoms with Crippen molar-refractivity contribution < 1.29 is 9.15 Å². The molecule has 5 rings (SSSR count). The Morgan fingerprint density at radius 1 is 0.828 bits per heavy atom. The lowest BCUT2D eigenvalue weighted by Crippen LogP contribution is -2.47. The molecular weight excluding hydrogens is 364 g/mol. The molecule has 0 unspecified atom stereocenters. The van der Waals surface area contributed by atoms with E-state index >= 15 is 0 Å². The second-order valence-corrected chi connectivity index (χ2v) is 7.04. The molecule has 2 aromatic carbocycles. The number of piperazine rings is 1. The van der Waals surface area contributed by atoms with Gasteiger partial charge in [-0.2, -0.15) is 0 Å². The highest BCUT2D eigenvalue weighted by atomic mass is 16.5. The number of methoxy groups -OCH3 is 1. The predicted octanol–water partition coefficient (Wildman–Crippen LogP) is 4.23. The summed E-state index contributed by atoms with van der Waals surface area (Å²) in [6.07, 6.45) is 1.65. The first kappa shape index (κ1) is 17.6. The van der Waals surface area contributed by atoms with Crippen LogP contribution in [0.2, 0.25) is 0 Å². The van der Waals surface area contributed by atoms with Crippen LogP contribution in [0.1, 0.15) is 0 Å². The molecule has 0 N–H and O–H groups in total. The molecule has 6 heteroatoms. The number of hydrogen-bond donors (Lipinski definition) is 0. The Morgan fingerprint density at radius 2 is 1.59 bits per heavy atom. The molecule has 1 fully saturated rings. The largest absolute Gasteiger partial charge is 0.497 e. The summed E-state index contributed by atoms with van der Waals surface area (Å²) in [5.41, 5.74) is 2.15. The number of hydrogen-bond acceptors (Lipinski definition) is 6. The van der Waals surface area contributed by atoms with Gasteiger partial charge in [0.2, 0.25) is 0 Å². The molecule has 4 aromatic rings. The van der Waals surface area contributed by atoms with E-state index in [0.29, 0.717) is 11.6 Å². The predicted molar refractivity (Wildman–Crippen MR) is 115 cm³/mol. The maximum atomic E-state index is 5.54. The van der Waals surface area contributed by atoms with Gasteiger partial charge in [-0.05, 0) is 48.5 Å². The number of anilines is 2. The summed E-state index contributed by atoms with van der Waals surface area (Å²) in [6, 6.07) is 20.2. The molecule has 2 aromatic heterocycles. The van der Waals surface area contributed by atoms with Crippen LogP contribution >= 0.6 is 0 Å². The molecule has 3 heterocycles. The lowest BCUT2D eigenvalue weighted by molar-refractivity contribution is 0.415. The number of rotatable bonds is 4. The second-order valence-electron chi connectivity index (χ2n) is 7.04. The molecule has 6 nitrogen and oxygen atoms in total. The Kier molecular flexibility index (Phi) is 4.52. The lowest BCUT2D eigenvalue weighted by atomic mass is 10.2. The minimum atomic E-state index is 0.626. The molecule has 0 radical (unpaired) electrons. The van der Waals surface area contributed by atoms with Crippen molar-refractivity contribution in [1.82, 2.24) is 9.97 Å². The van der Waals surface area contributed by atoms with Crippen molar-refractivity contribution in [3.63, 3.8) is 0 Å². The zero-order valence-corrected chi connectivity index (χ0v) is 16.3. The maximum absolute atomic E-state index is 5.54. The van der Waals surface area contributed by atoms with Crippen LogP contribution in [-0.4, -0.2) is 43.3 Å². The molecule has 0 saturated carbocycles. The van der Waals surface area contributed by atoms with Crippen LogP contribution in [0.3, 0.4) is 0 Å². The Morgan fingerprint density at radius 3 is 2.31 bits per heavy atom. The summed E-state index contributed by atoms with van der Waals surface area (Å²) in [5.74, 6) is 3.16. The van der Waals surface area contributed by atoms with Crippen LogP contribution in [0.15, 0.2) is 71.3 Å². The van der Waals surface area contributed by atoms with Crippen LogP contribution in [0.25, 0.3) is 22.5 Å². The number of benzene rings is 2. The normalized spacial score (nSPS) is 14.4. The fourth-order valence-electron chi connectivity index (χ4n) is 3.79. The van der Waals surface area contributed by atoms with E-state index in [1.54, 1.807) is 13.4 Å². The fourth-order valence-corrected chi connectivity index (χ4v) is 3.79. The minimum absolute atomic E-state index is 0.626. The van der Waals surface area contributed by atoms with Crippen LogP contribution < -0.4 is 14.5 Å². The third-order valence-corrected chi connectivity index (χ3v) is 5.34. The molecule has 1 aliphatic rings. The standard InChI is InChI=1S/C23H22N4O2/c1-28-18-10-8-17(9-11-18)26-12-14-27(15-13-26)23-19-5-2-3-6-20(19)24-22(25-23)21-7-4-16-29-21/h2-11,16H,12-15H2,1H3. The quantitative estimate of drug-likeness (QED) is 0.523. The zero-order chi connectivity index (χ0) is 19.6. The van der Waals surface area contributed by atoms with E-state index in [1.165, 1.54) is 5.69 Å². The molecule has 0 spiro atoms. The molecule has 146 valence electrons. The first-order chi connectivity index (χ1) is 14.3. The third kappa shape index (κ3) is 3.38. The summed E-state index contributed by atoms with van der Waals surface area (Å²) in [7, 11) is 1.69. The van der Waals surface area contributed by atoms with E-state index in [-0.39, 0.29) is 0 Å². The minimum Gasteiger partial charge on any atom is -0.497 e. The summed E-state index contributed by atoms with van der Waals surface area (Å²) in [4.78, 5) is 14.3. The SMILES string of the molecule is COc1ccc(N2CCN(c3nc(-c4ccco4)nc4ccccc34)CC2)cc1. The molecule has 1 aliphatic heterocycles. The maximum Gasteiger partial charge on any atom is 0.198 e. The molecule has 0 atom stereocenters. The smallest absolute Gasteiger partial charge is 0.198 e. The Balaban J connectivity index is 1.42. The Labute approximate surface area is 169 Å². The van der Waals surface area contributed by atoms with Crippen LogP contribution in [0.5, 0.6) is 5.75 Å².